The smallest absolute Gasteiger partial charge is 0.341 e. The molecule has 0 aliphatic rings. The molecule has 4 rings (SSSR count). The summed E-state index contributed by atoms with van der Waals surface area (Å²) in [5, 5.41) is 5.86. The van der Waals surface area contributed by atoms with Gasteiger partial charge in [0.1, 0.15) is 23.6 Å². The van der Waals surface area contributed by atoms with Gasteiger partial charge < -0.3 is 15.2 Å². The predicted molar refractivity (Wildman–Crippen MR) is 130 cm³/mol. The summed E-state index contributed by atoms with van der Waals surface area (Å²) >= 11 is 0. The van der Waals surface area contributed by atoms with Crippen molar-refractivity contribution >= 4 is 16.9 Å². The normalized spacial score (nSPS) is 11.2. The second kappa shape index (κ2) is 9.88. The molecule has 0 saturated heterocycles. The largest absolute Gasteiger partial charge is 0.486 e. The second-order valence-electron chi connectivity index (χ2n) is 8.13. The number of carbonyl (C=O) groups excluding carboxylic acids is 1. The van der Waals surface area contributed by atoms with Gasteiger partial charge in [0.25, 0.3) is 0 Å². The second-order valence-corrected chi connectivity index (χ2v) is 8.13. The monoisotopic (exact) mass is 443 g/mol. The van der Waals surface area contributed by atoms with Gasteiger partial charge >= 0.3 is 5.97 Å². The molecule has 2 N–H and O–H groups in total. The highest BCUT2D eigenvalue weighted by molar-refractivity contribution is 5.92. The van der Waals surface area contributed by atoms with Gasteiger partial charge in [-0.2, -0.15) is 5.10 Å². The average Bonchev–Trinajstić information content (AvgIpc) is 3.21. The summed E-state index contributed by atoms with van der Waals surface area (Å²) in [5.41, 5.74) is 11.4. The number of ether oxygens (including phenoxy) is 2. The molecule has 0 aliphatic carbocycles. The summed E-state index contributed by atoms with van der Waals surface area (Å²) in [5.74, 6) is 0.0859. The van der Waals surface area contributed by atoms with Crippen LogP contribution in [0.1, 0.15) is 48.4 Å². The van der Waals surface area contributed by atoms with E-state index in [4.69, 9.17) is 20.3 Å². The fourth-order valence-electron chi connectivity index (χ4n) is 3.88. The Morgan fingerprint density at radius 2 is 1.82 bits per heavy atom. The number of nitrogens with two attached hydrogens (primary N) is 1. The molecule has 3 aromatic carbocycles. The van der Waals surface area contributed by atoms with Crippen LogP contribution < -0.4 is 10.5 Å². The molecule has 6 nitrogen and oxygen atoms in total. The lowest BCUT2D eigenvalue weighted by atomic mass is 10.0. The van der Waals surface area contributed by atoms with E-state index < -0.39 is 5.97 Å². The highest BCUT2D eigenvalue weighted by Gasteiger charge is 2.17. The van der Waals surface area contributed by atoms with Gasteiger partial charge in [-0.05, 0) is 67.8 Å². The van der Waals surface area contributed by atoms with Crippen molar-refractivity contribution in [2.75, 3.05) is 6.61 Å². The molecule has 1 aromatic heterocycles. The van der Waals surface area contributed by atoms with E-state index in [2.05, 4.69) is 44.2 Å². The standard InChI is InChI=1S/C27H29N3O3/c1-4-32-27(31)22-10-5-6-11-26(22)33-17-24-23-15-21(20-9-7-8-19(14-20)16-28)12-13-25(23)30(29-24)18(2)3/h5-15,18H,4,16-17,28H2,1-3H3. The van der Waals surface area contributed by atoms with Crippen molar-refractivity contribution in [2.24, 2.45) is 5.73 Å². The van der Waals surface area contributed by atoms with Crippen molar-refractivity contribution in [2.45, 2.75) is 40.0 Å². The van der Waals surface area contributed by atoms with Gasteiger partial charge in [-0.15, -0.1) is 0 Å². The molecule has 0 spiro atoms. The Kier molecular flexibility index (Phi) is 6.75. The van der Waals surface area contributed by atoms with Crippen LogP contribution >= 0.6 is 0 Å². The maximum atomic E-state index is 12.3. The number of hydrogen-bond donors (Lipinski definition) is 1. The lowest BCUT2D eigenvalue weighted by molar-refractivity contribution is 0.0521. The summed E-state index contributed by atoms with van der Waals surface area (Å²) < 4.78 is 13.2. The first-order chi connectivity index (χ1) is 16.0. The lowest BCUT2D eigenvalue weighted by Gasteiger charge is -2.10. The maximum absolute atomic E-state index is 12.3. The van der Waals surface area contributed by atoms with Gasteiger partial charge in [0.05, 0.1) is 12.1 Å². The molecule has 0 atom stereocenters. The van der Waals surface area contributed by atoms with Gasteiger partial charge in [0.15, 0.2) is 0 Å². The molecule has 170 valence electrons. The molecular formula is C27H29N3O3. The summed E-state index contributed by atoms with van der Waals surface area (Å²) in [6.07, 6.45) is 0. The van der Waals surface area contributed by atoms with Crippen molar-refractivity contribution < 1.29 is 14.3 Å². The minimum atomic E-state index is -0.396. The third-order valence-electron chi connectivity index (χ3n) is 5.51. The van der Waals surface area contributed by atoms with Crippen molar-refractivity contribution in [1.82, 2.24) is 9.78 Å². The predicted octanol–water partition coefficient (Wildman–Crippen LogP) is 5.50. The van der Waals surface area contributed by atoms with Crippen LogP contribution in [-0.4, -0.2) is 22.4 Å². The topological polar surface area (TPSA) is 79.4 Å². The minimum Gasteiger partial charge on any atom is -0.486 e. The Bertz CT molecular complexity index is 1280. The van der Waals surface area contributed by atoms with Crippen LogP contribution in [0.4, 0.5) is 0 Å². The molecule has 0 saturated carbocycles. The van der Waals surface area contributed by atoms with E-state index in [1.165, 1.54) is 0 Å². The SMILES string of the molecule is CCOC(=O)c1ccccc1OCc1nn(C(C)C)c2ccc(-c3cccc(CN)c3)cc12. The van der Waals surface area contributed by atoms with E-state index in [1.54, 1.807) is 25.1 Å². The number of para-hydroxylation sites is 1. The maximum Gasteiger partial charge on any atom is 0.341 e. The number of hydrogen-bond acceptors (Lipinski definition) is 5. The molecule has 0 aliphatic heterocycles. The Morgan fingerprint density at radius 3 is 2.58 bits per heavy atom. The summed E-state index contributed by atoms with van der Waals surface area (Å²) in [6, 6.07) is 21.9. The fraction of sp³-hybridized carbons (Fsp3) is 0.259. The van der Waals surface area contributed by atoms with Crippen molar-refractivity contribution in [1.29, 1.82) is 0 Å². The van der Waals surface area contributed by atoms with Crippen molar-refractivity contribution in [3.63, 3.8) is 0 Å². The Morgan fingerprint density at radius 1 is 1.03 bits per heavy atom. The van der Waals surface area contributed by atoms with Gasteiger partial charge in [-0.1, -0.05) is 36.4 Å². The molecule has 0 radical (unpaired) electrons. The quantitative estimate of drug-likeness (QED) is 0.364. The number of fused-ring (bicyclic) bond motifs is 1. The third kappa shape index (κ3) is 4.76. The van der Waals surface area contributed by atoms with Crippen LogP contribution in [-0.2, 0) is 17.9 Å². The number of carbonyl (C=O) groups is 1. The van der Waals surface area contributed by atoms with Gasteiger partial charge in [-0.3, -0.25) is 4.68 Å². The third-order valence-corrected chi connectivity index (χ3v) is 5.51. The summed E-state index contributed by atoms with van der Waals surface area (Å²) in [4.78, 5) is 12.3. The minimum absolute atomic E-state index is 0.194. The fourth-order valence-corrected chi connectivity index (χ4v) is 3.88. The zero-order chi connectivity index (χ0) is 23.4. The number of aromatic nitrogens is 2. The number of nitrogens with zero attached hydrogens (tertiary/aromatic N) is 2. The van der Waals surface area contributed by atoms with E-state index in [0.29, 0.717) is 24.5 Å². The molecule has 33 heavy (non-hydrogen) atoms. The molecular weight excluding hydrogens is 414 g/mol. The van der Waals surface area contributed by atoms with Crippen LogP contribution in [0.15, 0.2) is 66.7 Å². The Labute approximate surface area is 193 Å². The first-order valence-electron chi connectivity index (χ1n) is 11.2. The number of esters is 1. The highest BCUT2D eigenvalue weighted by Crippen LogP contribution is 2.30. The van der Waals surface area contributed by atoms with Crippen molar-refractivity contribution in [3.05, 3.63) is 83.6 Å². The molecule has 0 amide bonds. The first-order valence-corrected chi connectivity index (χ1v) is 11.2. The number of rotatable bonds is 8. The Balaban J connectivity index is 1.71. The van der Waals surface area contributed by atoms with Gasteiger partial charge in [-0.25, -0.2) is 4.79 Å². The zero-order valence-electron chi connectivity index (χ0n) is 19.2. The van der Waals surface area contributed by atoms with Crippen LogP contribution in [0.5, 0.6) is 5.75 Å². The van der Waals surface area contributed by atoms with E-state index in [-0.39, 0.29) is 12.6 Å². The Hall–Kier alpha value is -3.64. The number of benzene rings is 3. The van der Waals surface area contributed by atoms with E-state index in [1.807, 2.05) is 22.9 Å². The van der Waals surface area contributed by atoms with Crippen LogP contribution in [0.2, 0.25) is 0 Å². The molecule has 0 fully saturated rings. The first kappa shape index (κ1) is 22.6. The lowest BCUT2D eigenvalue weighted by Crippen LogP contribution is -2.08. The van der Waals surface area contributed by atoms with E-state index in [9.17, 15) is 4.79 Å². The van der Waals surface area contributed by atoms with Crippen LogP contribution in [0.25, 0.3) is 22.0 Å². The van der Waals surface area contributed by atoms with Crippen LogP contribution in [0.3, 0.4) is 0 Å². The van der Waals surface area contributed by atoms with Crippen LogP contribution in [0, 0.1) is 0 Å². The van der Waals surface area contributed by atoms with E-state index >= 15 is 0 Å². The molecule has 0 bridgehead atoms. The summed E-state index contributed by atoms with van der Waals surface area (Å²) in [6.45, 7) is 7.04. The summed E-state index contributed by atoms with van der Waals surface area (Å²) in [7, 11) is 0. The zero-order valence-corrected chi connectivity index (χ0v) is 19.2. The van der Waals surface area contributed by atoms with E-state index in [0.717, 1.165) is 33.3 Å². The van der Waals surface area contributed by atoms with Crippen molar-refractivity contribution in [3.8, 4) is 16.9 Å². The molecule has 1 heterocycles. The average molecular weight is 444 g/mol. The van der Waals surface area contributed by atoms with Gasteiger partial charge in [0, 0.05) is 18.0 Å². The molecule has 0 unspecified atom stereocenters. The van der Waals surface area contributed by atoms with Gasteiger partial charge in [0.2, 0.25) is 0 Å². The molecule has 4 aromatic rings. The highest BCUT2D eigenvalue weighted by atomic mass is 16.5. The molecule has 6 heteroatoms.